The third-order valence-electron chi connectivity index (χ3n) is 3.36. The van der Waals surface area contributed by atoms with E-state index in [0.717, 1.165) is 38.7 Å². The lowest BCUT2D eigenvalue weighted by Crippen LogP contribution is -2.40. The number of carbonyl (C=O) groups excluding carboxylic acids is 1. The Morgan fingerprint density at radius 3 is 2.95 bits per heavy atom. The highest BCUT2D eigenvalue weighted by Crippen LogP contribution is 2.11. The van der Waals surface area contributed by atoms with Crippen LogP contribution < -0.4 is 11.1 Å². The van der Waals surface area contributed by atoms with Crippen LogP contribution in [-0.2, 0) is 14.3 Å². The van der Waals surface area contributed by atoms with Crippen molar-refractivity contribution in [3.05, 3.63) is 0 Å². The molecule has 1 saturated heterocycles. The van der Waals surface area contributed by atoms with E-state index in [0.29, 0.717) is 26.2 Å². The molecule has 3 N–H and O–H groups in total. The molecule has 1 amide bonds. The van der Waals surface area contributed by atoms with Crippen molar-refractivity contribution >= 4 is 18.3 Å². The highest BCUT2D eigenvalue weighted by Gasteiger charge is 2.15. The van der Waals surface area contributed by atoms with Gasteiger partial charge in [0, 0.05) is 25.6 Å². The van der Waals surface area contributed by atoms with Gasteiger partial charge in [-0.2, -0.15) is 0 Å². The molecule has 0 spiro atoms. The standard InChI is InChI=1S/C14H28N2O3.ClH/c1-2-3-5-12(10-15)16-14(17)7-9-18-11-13-6-4-8-19-13;/h12-13H,2-11,15H2,1H3,(H,16,17);1H. The van der Waals surface area contributed by atoms with E-state index in [1.807, 2.05) is 0 Å². The van der Waals surface area contributed by atoms with E-state index in [2.05, 4.69) is 12.2 Å². The van der Waals surface area contributed by atoms with E-state index in [1.165, 1.54) is 0 Å². The van der Waals surface area contributed by atoms with Gasteiger partial charge in [-0.15, -0.1) is 12.4 Å². The monoisotopic (exact) mass is 308 g/mol. The summed E-state index contributed by atoms with van der Waals surface area (Å²) >= 11 is 0. The summed E-state index contributed by atoms with van der Waals surface area (Å²) in [6.07, 6.45) is 5.98. The average Bonchev–Trinajstić information content (AvgIpc) is 2.92. The van der Waals surface area contributed by atoms with Crippen LogP contribution in [0.3, 0.4) is 0 Å². The second kappa shape index (κ2) is 12.4. The summed E-state index contributed by atoms with van der Waals surface area (Å²) in [5.41, 5.74) is 5.64. The Bertz CT molecular complexity index is 249. The van der Waals surface area contributed by atoms with Crippen LogP contribution in [0, 0.1) is 0 Å². The van der Waals surface area contributed by atoms with Gasteiger partial charge in [0.05, 0.1) is 19.3 Å². The van der Waals surface area contributed by atoms with Crippen molar-refractivity contribution in [1.82, 2.24) is 5.32 Å². The first-order valence-electron chi connectivity index (χ1n) is 7.45. The topological polar surface area (TPSA) is 73.6 Å². The van der Waals surface area contributed by atoms with Crippen molar-refractivity contribution in [3.8, 4) is 0 Å². The maximum atomic E-state index is 11.7. The number of ether oxygens (including phenoxy) is 2. The van der Waals surface area contributed by atoms with Crippen molar-refractivity contribution < 1.29 is 14.3 Å². The van der Waals surface area contributed by atoms with Crippen LogP contribution >= 0.6 is 12.4 Å². The van der Waals surface area contributed by atoms with E-state index in [-0.39, 0.29) is 30.5 Å². The van der Waals surface area contributed by atoms with Crippen LogP contribution in [-0.4, -0.2) is 44.4 Å². The van der Waals surface area contributed by atoms with Crippen molar-refractivity contribution in [2.75, 3.05) is 26.4 Å². The zero-order valence-electron chi connectivity index (χ0n) is 12.4. The first-order chi connectivity index (χ1) is 9.26. The third-order valence-corrected chi connectivity index (χ3v) is 3.36. The van der Waals surface area contributed by atoms with Gasteiger partial charge in [0.2, 0.25) is 5.91 Å². The summed E-state index contributed by atoms with van der Waals surface area (Å²) in [7, 11) is 0. The van der Waals surface area contributed by atoms with Gasteiger partial charge in [-0.25, -0.2) is 0 Å². The quantitative estimate of drug-likeness (QED) is 0.602. The highest BCUT2D eigenvalue weighted by molar-refractivity contribution is 5.85. The SMILES string of the molecule is CCCCC(CN)NC(=O)CCOCC1CCCO1.Cl. The van der Waals surface area contributed by atoms with Crippen LogP contribution in [0.1, 0.15) is 45.4 Å². The van der Waals surface area contributed by atoms with E-state index >= 15 is 0 Å². The summed E-state index contributed by atoms with van der Waals surface area (Å²) < 4.78 is 10.9. The number of hydrogen-bond donors (Lipinski definition) is 2. The molecule has 1 aliphatic rings. The number of unbranched alkanes of at least 4 members (excludes halogenated alkanes) is 1. The first-order valence-corrected chi connectivity index (χ1v) is 7.45. The lowest BCUT2D eigenvalue weighted by molar-refractivity contribution is -0.123. The van der Waals surface area contributed by atoms with Gasteiger partial charge in [0.15, 0.2) is 0 Å². The highest BCUT2D eigenvalue weighted by atomic mass is 35.5. The minimum atomic E-state index is 0. The van der Waals surface area contributed by atoms with Crippen LogP contribution in [0.4, 0.5) is 0 Å². The fraction of sp³-hybridized carbons (Fsp3) is 0.929. The lowest BCUT2D eigenvalue weighted by atomic mass is 10.1. The van der Waals surface area contributed by atoms with Gasteiger partial charge in [-0.05, 0) is 19.3 Å². The Labute approximate surface area is 128 Å². The number of carbonyl (C=O) groups is 1. The molecule has 1 aliphatic heterocycles. The van der Waals surface area contributed by atoms with Gasteiger partial charge in [-0.3, -0.25) is 4.79 Å². The number of nitrogens with two attached hydrogens (primary N) is 1. The van der Waals surface area contributed by atoms with Crippen LogP contribution in [0.2, 0.25) is 0 Å². The number of hydrogen-bond acceptors (Lipinski definition) is 4. The van der Waals surface area contributed by atoms with Gasteiger partial charge < -0.3 is 20.5 Å². The smallest absolute Gasteiger partial charge is 0.222 e. The van der Waals surface area contributed by atoms with Crippen LogP contribution in [0.5, 0.6) is 0 Å². The maximum absolute atomic E-state index is 11.7. The molecule has 1 rings (SSSR count). The van der Waals surface area contributed by atoms with E-state index < -0.39 is 0 Å². The third kappa shape index (κ3) is 8.74. The van der Waals surface area contributed by atoms with Gasteiger partial charge in [-0.1, -0.05) is 19.8 Å². The molecule has 2 unspecified atom stereocenters. The Balaban J connectivity index is 0.00000361. The van der Waals surface area contributed by atoms with Crippen molar-refractivity contribution in [3.63, 3.8) is 0 Å². The fourth-order valence-corrected chi connectivity index (χ4v) is 2.15. The largest absolute Gasteiger partial charge is 0.378 e. The Hall–Kier alpha value is -0.360. The number of nitrogens with one attached hydrogen (secondary N) is 1. The zero-order chi connectivity index (χ0) is 13.9. The number of halogens is 1. The molecule has 5 nitrogen and oxygen atoms in total. The minimum absolute atomic E-state index is 0. The first kappa shape index (κ1) is 19.6. The second-order valence-corrected chi connectivity index (χ2v) is 5.10. The van der Waals surface area contributed by atoms with Crippen molar-refractivity contribution in [2.45, 2.75) is 57.6 Å². The second-order valence-electron chi connectivity index (χ2n) is 5.10. The molecule has 0 bridgehead atoms. The fourth-order valence-electron chi connectivity index (χ4n) is 2.15. The van der Waals surface area contributed by atoms with Gasteiger partial charge >= 0.3 is 0 Å². The normalized spacial score (nSPS) is 19.4. The molecular formula is C14H29ClN2O3. The van der Waals surface area contributed by atoms with Gasteiger partial charge in [0.25, 0.3) is 0 Å². The summed E-state index contributed by atoms with van der Waals surface area (Å²) in [4.78, 5) is 11.7. The average molecular weight is 309 g/mol. The summed E-state index contributed by atoms with van der Waals surface area (Å²) in [5.74, 6) is 0.0268. The molecule has 1 heterocycles. The van der Waals surface area contributed by atoms with Crippen LogP contribution in [0.15, 0.2) is 0 Å². The molecule has 0 aromatic heterocycles. The minimum Gasteiger partial charge on any atom is -0.378 e. The maximum Gasteiger partial charge on any atom is 0.222 e. The summed E-state index contributed by atoms with van der Waals surface area (Å²) in [6, 6.07) is 0.102. The predicted octanol–water partition coefficient (Wildman–Crippen LogP) is 1.63. The molecule has 2 atom stereocenters. The van der Waals surface area contributed by atoms with E-state index in [9.17, 15) is 4.79 Å². The molecule has 0 aromatic rings. The summed E-state index contributed by atoms with van der Waals surface area (Å²) in [5, 5.41) is 2.95. The van der Waals surface area contributed by atoms with Crippen LogP contribution in [0.25, 0.3) is 0 Å². The Morgan fingerprint density at radius 1 is 1.55 bits per heavy atom. The molecule has 120 valence electrons. The summed E-state index contributed by atoms with van der Waals surface area (Å²) in [6.45, 7) is 4.53. The zero-order valence-corrected chi connectivity index (χ0v) is 13.3. The predicted molar refractivity (Wildman–Crippen MR) is 82.2 cm³/mol. The molecule has 0 saturated carbocycles. The molecule has 6 heteroatoms. The van der Waals surface area contributed by atoms with Crippen molar-refractivity contribution in [1.29, 1.82) is 0 Å². The lowest BCUT2D eigenvalue weighted by Gasteiger charge is -2.16. The van der Waals surface area contributed by atoms with E-state index in [1.54, 1.807) is 0 Å². The number of rotatable bonds is 10. The Kier molecular flexibility index (Phi) is 12.2. The molecular weight excluding hydrogens is 280 g/mol. The van der Waals surface area contributed by atoms with Crippen molar-refractivity contribution in [2.24, 2.45) is 5.73 Å². The molecule has 0 radical (unpaired) electrons. The van der Waals surface area contributed by atoms with E-state index in [4.69, 9.17) is 15.2 Å². The molecule has 0 aliphatic carbocycles. The molecule has 20 heavy (non-hydrogen) atoms. The Morgan fingerprint density at radius 2 is 2.35 bits per heavy atom. The molecule has 1 fully saturated rings. The van der Waals surface area contributed by atoms with Gasteiger partial charge in [0.1, 0.15) is 0 Å². The molecule has 0 aromatic carbocycles. The number of amides is 1.